The molecule has 3 aromatic rings. The van der Waals surface area contributed by atoms with Crippen molar-refractivity contribution in [3.8, 4) is 0 Å². The van der Waals surface area contributed by atoms with Gasteiger partial charge in [-0.15, -0.1) is 0 Å². The van der Waals surface area contributed by atoms with Gasteiger partial charge in [-0.3, -0.25) is 9.48 Å². The molecule has 1 amide bonds. The zero-order chi connectivity index (χ0) is 20.1. The van der Waals surface area contributed by atoms with E-state index in [1.807, 2.05) is 0 Å². The average molecular weight is 389 g/mol. The Hall–Kier alpha value is -3.60. The predicted molar refractivity (Wildman–Crippen MR) is 96.8 cm³/mol. The van der Waals surface area contributed by atoms with E-state index in [-0.39, 0.29) is 36.0 Å². The highest BCUT2D eigenvalue weighted by Gasteiger charge is 2.15. The summed E-state index contributed by atoms with van der Waals surface area (Å²) >= 11 is 0. The molecule has 0 aliphatic carbocycles. The number of halogens is 2. The van der Waals surface area contributed by atoms with Crippen molar-refractivity contribution in [2.45, 2.75) is 13.1 Å². The van der Waals surface area contributed by atoms with Crippen LogP contribution in [0, 0.1) is 11.6 Å². The van der Waals surface area contributed by atoms with Crippen LogP contribution < -0.4 is 16.4 Å². The van der Waals surface area contributed by atoms with Crippen LogP contribution in [-0.4, -0.2) is 37.4 Å². The Balaban J connectivity index is 1.82. The molecule has 0 atom stereocenters. The van der Waals surface area contributed by atoms with Crippen molar-refractivity contribution >= 4 is 23.4 Å². The van der Waals surface area contributed by atoms with Crippen LogP contribution in [0.3, 0.4) is 0 Å². The Morgan fingerprint density at radius 2 is 2.00 bits per heavy atom. The van der Waals surface area contributed by atoms with E-state index in [1.165, 1.54) is 23.1 Å². The van der Waals surface area contributed by atoms with Gasteiger partial charge in [-0.1, -0.05) is 6.07 Å². The minimum absolute atomic E-state index is 0.0235. The summed E-state index contributed by atoms with van der Waals surface area (Å²) in [6, 6.07) is 3.52. The first-order valence-electron chi connectivity index (χ1n) is 8.22. The van der Waals surface area contributed by atoms with Crippen molar-refractivity contribution in [1.29, 1.82) is 0 Å². The Kier molecular flexibility index (Phi) is 5.75. The number of anilines is 3. The molecule has 3 rings (SSSR count). The third-order valence-electron chi connectivity index (χ3n) is 3.77. The SMILES string of the molecule is NC(=O)c1cnc(Nc2cnn(CCO)c2)nc1NCc1c(F)cccc1F. The summed E-state index contributed by atoms with van der Waals surface area (Å²) in [5.74, 6) is -2.10. The number of aromatic nitrogens is 4. The third-order valence-corrected chi connectivity index (χ3v) is 3.77. The fourth-order valence-electron chi connectivity index (χ4n) is 2.41. The molecule has 0 aliphatic heterocycles. The number of primary amides is 1. The number of rotatable bonds is 8. The molecular formula is C17H17F2N7O2. The number of carbonyl (C=O) groups is 1. The number of benzene rings is 1. The van der Waals surface area contributed by atoms with Gasteiger partial charge in [0, 0.05) is 24.5 Å². The van der Waals surface area contributed by atoms with Gasteiger partial charge in [-0.2, -0.15) is 10.1 Å². The van der Waals surface area contributed by atoms with E-state index >= 15 is 0 Å². The molecule has 0 aliphatic rings. The van der Waals surface area contributed by atoms with Crippen molar-refractivity contribution in [2.24, 2.45) is 5.73 Å². The van der Waals surface area contributed by atoms with Gasteiger partial charge in [0.1, 0.15) is 17.5 Å². The number of amides is 1. The summed E-state index contributed by atoms with van der Waals surface area (Å²) < 4.78 is 29.1. The Morgan fingerprint density at radius 3 is 2.68 bits per heavy atom. The lowest BCUT2D eigenvalue weighted by molar-refractivity contribution is 0.100. The molecule has 2 heterocycles. The van der Waals surface area contributed by atoms with Gasteiger partial charge < -0.3 is 21.5 Å². The quantitative estimate of drug-likeness (QED) is 0.458. The molecule has 9 nitrogen and oxygen atoms in total. The molecule has 0 bridgehead atoms. The number of hydrogen-bond acceptors (Lipinski definition) is 7. The van der Waals surface area contributed by atoms with Crippen LogP contribution >= 0.6 is 0 Å². The topological polar surface area (TPSA) is 131 Å². The first-order valence-corrected chi connectivity index (χ1v) is 8.22. The maximum absolute atomic E-state index is 13.8. The Bertz CT molecular complexity index is 973. The molecule has 1 aromatic carbocycles. The summed E-state index contributed by atoms with van der Waals surface area (Å²) in [7, 11) is 0. The third kappa shape index (κ3) is 4.38. The van der Waals surface area contributed by atoms with Crippen molar-refractivity contribution in [1.82, 2.24) is 19.7 Å². The number of aliphatic hydroxyl groups excluding tert-OH is 1. The lowest BCUT2D eigenvalue weighted by Gasteiger charge is -2.12. The maximum Gasteiger partial charge on any atom is 0.254 e. The number of nitrogens with zero attached hydrogens (tertiary/aromatic N) is 4. The van der Waals surface area contributed by atoms with Gasteiger partial charge in [0.25, 0.3) is 5.91 Å². The zero-order valence-corrected chi connectivity index (χ0v) is 14.6. The summed E-state index contributed by atoms with van der Waals surface area (Å²) in [5.41, 5.74) is 5.64. The summed E-state index contributed by atoms with van der Waals surface area (Å²) in [4.78, 5) is 19.8. The van der Waals surface area contributed by atoms with Crippen LogP contribution in [0.1, 0.15) is 15.9 Å². The van der Waals surface area contributed by atoms with Gasteiger partial charge in [0.15, 0.2) is 0 Å². The van der Waals surface area contributed by atoms with Crippen LogP contribution in [0.4, 0.5) is 26.2 Å². The average Bonchev–Trinajstić information content (AvgIpc) is 3.08. The number of nitrogens with one attached hydrogen (secondary N) is 2. The van der Waals surface area contributed by atoms with E-state index in [9.17, 15) is 13.6 Å². The first kappa shape index (κ1) is 19.2. The van der Waals surface area contributed by atoms with E-state index in [0.717, 1.165) is 12.1 Å². The van der Waals surface area contributed by atoms with E-state index in [0.29, 0.717) is 12.2 Å². The minimum atomic E-state index is -0.793. The fraction of sp³-hybridized carbons (Fsp3) is 0.176. The molecule has 0 unspecified atom stereocenters. The van der Waals surface area contributed by atoms with Gasteiger partial charge in [-0.25, -0.2) is 13.8 Å². The van der Waals surface area contributed by atoms with Crippen LogP contribution in [-0.2, 0) is 13.1 Å². The van der Waals surface area contributed by atoms with E-state index in [4.69, 9.17) is 10.8 Å². The van der Waals surface area contributed by atoms with Crippen molar-refractivity contribution in [3.05, 3.63) is 59.6 Å². The largest absolute Gasteiger partial charge is 0.394 e. The smallest absolute Gasteiger partial charge is 0.254 e. The van der Waals surface area contributed by atoms with E-state index < -0.39 is 17.5 Å². The highest BCUT2D eigenvalue weighted by atomic mass is 19.1. The second-order valence-corrected chi connectivity index (χ2v) is 5.71. The molecule has 0 spiro atoms. The fourth-order valence-corrected chi connectivity index (χ4v) is 2.41. The summed E-state index contributed by atoms with van der Waals surface area (Å²) in [6.07, 6.45) is 4.34. The molecule has 5 N–H and O–H groups in total. The maximum atomic E-state index is 13.8. The van der Waals surface area contributed by atoms with Crippen molar-refractivity contribution < 1.29 is 18.7 Å². The summed E-state index contributed by atoms with van der Waals surface area (Å²) in [5, 5.41) is 18.6. The number of nitrogens with two attached hydrogens (primary N) is 1. The summed E-state index contributed by atoms with van der Waals surface area (Å²) in [6.45, 7) is 0.0133. The monoisotopic (exact) mass is 389 g/mol. The Labute approximate surface area is 158 Å². The molecule has 2 aromatic heterocycles. The molecule has 11 heteroatoms. The van der Waals surface area contributed by atoms with Gasteiger partial charge in [0.2, 0.25) is 5.95 Å². The normalized spacial score (nSPS) is 10.7. The van der Waals surface area contributed by atoms with Crippen molar-refractivity contribution in [3.63, 3.8) is 0 Å². The number of aliphatic hydroxyl groups is 1. The molecular weight excluding hydrogens is 372 g/mol. The molecule has 0 fully saturated rings. The van der Waals surface area contributed by atoms with Crippen LogP contribution in [0.15, 0.2) is 36.8 Å². The second-order valence-electron chi connectivity index (χ2n) is 5.71. The zero-order valence-electron chi connectivity index (χ0n) is 14.6. The second kappa shape index (κ2) is 8.39. The van der Waals surface area contributed by atoms with Crippen molar-refractivity contribution in [2.75, 3.05) is 17.2 Å². The lowest BCUT2D eigenvalue weighted by Crippen LogP contribution is -2.17. The van der Waals surface area contributed by atoms with Gasteiger partial charge >= 0.3 is 0 Å². The van der Waals surface area contributed by atoms with Gasteiger partial charge in [0.05, 0.1) is 30.6 Å². The minimum Gasteiger partial charge on any atom is -0.394 e. The highest BCUT2D eigenvalue weighted by molar-refractivity contribution is 5.97. The molecule has 0 saturated heterocycles. The lowest BCUT2D eigenvalue weighted by atomic mass is 10.2. The van der Waals surface area contributed by atoms with Crippen LogP contribution in [0.2, 0.25) is 0 Å². The highest BCUT2D eigenvalue weighted by Crippen LogP contribution is 2.19. The standard InChI is InChI=1S/C17H17F2N7O2/c18-13-2-1-3-14(19)11(13)7-21-16-12(15(20)28)8-22-17(25-16)24-10-6-23-26(9-10)4-5-27/h1-3,6,8-9,27H,4-5,7H2,(H2,20,28)(H2,21,22,24,25). The van der Waals surface area contributed by atoms with Crippen LogP contribution in [0.5, 0.6) is 0 Å². The predicted octanol–water partition coefficient (Wildman–Crippen LogP) is 1.40. The van der Waals surface area contributed by atoms with Gasteiger partial charge in [-0.05, 0) is 12.1 Å². The molecule has 28 heavy (non-hydrogen) atoms. The van der Waals surface area contributed by atoms with E-state index in [2.05, 4.69) is 25.7 Å². The van der Waals surface area contributed by atoms with E-state index in [1.54, 1.807) is 6.20 Å². The number of hydrogen-bond donors (Lipinski definition) is 4. The first-order chi connectivity index (χ1) is 13.5. The van der Waals surface area contributed by atoms with Crippen LogP contribution in [0.25, 0.3) is 0 Å². The molecule has 146 valence electrons. The Morgan fingerprint density at radius 1 is 1.25 bits per heavy atom. The molecule has 0 radical (unpaired) electrons. The molecule has 0 saturated carbocycles. The number of carbonyl (C=O) groups excluding carboxylic acids is 1.